The van der Waals surface area contributed by atoms with Gasteiger partial charge in [0.1, 0.15) is 5.75 Å². The number of hydrogen-bond donors (Lipinski definition) is 2. The molecule has 4 heteroatoms. The van der Waals surface area contributed by atoms with Gasteiger partial charge in [-0.1, -0.05) is 28.1 Å². The lowest BCUT2D eigenvalue weighted by molar-refractivity contribution is 0.242. The number of benzene rings is 2. The van der Waals surface area contributed by atoms with E-state index in [-0.39, 0.29) is 12.1 Å². The van der Waals surface area contributed by atoms with Crippen LogP contribution in [0, 0.1) is 0 Å². The Hall–Kier alpha value is -1.52. The van der Waals surface area contributed by atoms with Crippen molar-refractivity contribution in [3.05, 3.63) is 58.6 Å². The van der Waals surface area contributed by atoms with Crippen LogP contribution in [0.15, 0.2) is 53.0 Å². The summed E-state index contributed by atoms with van der Waals surface area (Å²) in [5.41, 5.74) is 8.10. The first-order valence-corrected chi connectivity index (χ1v) is 7.86. The number of hydrogen-bond acceptors (Lipinski definition) is 3. The van der Waals surface area contributed by atoms with E-state index in [2.05, 4.69) is 33.4 Å². The third-order valence-corrected chi connectivity index (χ3v) is 3.60. The number of halogens is 1. The lowest BCUT2D eigenvalue weighted by Gasteiger charge is -2.19. The number of anilines is 1. The highest BCUT2D eigenvalue weighted by atomic mass is 79.9. The highest BCUT2D eigenvalue weighted by Gasteiger charge is 2.10. The van der Waals surface area contributed by atoms with Crippen molar-refractivity contribution in [2.75, 3.05) is 11.9 Å². The van der Waals surface area contributed by atoms with Gasteiger partial charge in [-0.25, -0.2) is 0 Å². The first-order valence-electron chi connectivity index (χ1n) is 7.07. The smallest absolute Gasteiger partial charge is 0.119 e. The molecule has 1 atom stereocenters. The zero-order valence-electron chi connectivity index (χ0n) is 12.3. The van der Waals surface area contributed by atoms with Gasteiger partial charge in [0.05, 0.1) is 12.1 Å². The SMILES string of the molecule is CC(C)Oc1ccc(C(CN)Nc2ccc(Br)cc2)cc1. The Kier molecular flexibility index (Phi) is 5.65. The fourth-order valence-electron chi connectivity index (χ4n) is 2.08. The van der Waals surface area contributed by atoms with E-state index in [9.17, 15) is 0 Å². The van der Waals surface area contributed by atoms with Crippen LogP contribution in [0.25, 0.3) is 0 Å². The second kappa shape index (κ2) is 7.48. The summed E-state index contributed by atoms with van der Waals surface area (Å²) in [6.45, 7) is 4.57. The van der Waals surface area contributed by atoms with Gasteiger partial charge in [0, 0.05) is 16.7 Å². The molecule has 0 spiro atoms. The van der Waals surface area contributed by atoms with E-state index < -0.39 is 0 Å². The minimum Gasteiger partial charge on any atom is -0.491 e. The van der Waals surface area contributed by atoms with Crippen LogP contribution in [0.1, 0.15) is 25.5 Å². The average molecular weight is 349 g/mol. The molecule has 21 heavy (non-hydrogen) atoms. The van der Waals surface area contributed by atoms with Crippen molar-refractivity contribution in [3.8, 4) is 5.75 Å². The molecule has 0 heterocycles. The minimum atomic E-state index is 0.0827. The van der Waals surface area contributed by atoms with Gasteiger partial charge in [-0.05, 0) is 55.8 Å². The number of rotatable bonds is 6. The van der Waals surface area contributed by atoms with Crippen molar-refractivity contribution in [1.82, 2.24) is 0 Å². The summed E-state index contributed by atoms with van der Waals surface area (Å²) >= 11 is 3.43. The molecule has 0 aliphatic carbocycles. The van der Waals surface area contributed by atoms with E-state index >= 15 is 0 Å². The highest BCUT2D eigenvalue weighted by molar-refractivity contribution is 9.10. The van der Waals surface area contributed by atoms with Crippen molar-refractivity contribution >= 4 is 21.6 Å². The van der Waals surface area contributed by atoms with Gasteiger partial charge in [0.15, 0.2) is 0 Å². The van der Waals surface area contributed by atoms with Crippen molar-refractivity contribution in [1.29, 1.82) is 0 Å². The molecule has 0 amide bonds. The summed E-state index contributed by atoms with van der Waals surface area (Å²) in [7, 11) is 0. The van der Waals surface area contributed by atoms with Crippen LogP contribution < -0.4 is 15.8 Å². The summed E-state index contributed by atoms with van der Waals surface area (Å²) in [4.78, 5) is 0. The first-order chi connectivity index (χ1) is 10.1. The van der Waals surface area contributed by atoms with Gasteiger partial charge in [-0.3, -0.25) is 0 Å². The zero-order chi connectivity index (χ0) is 15.2. The molecule has 112 valence electrons. The summed E-state index contributed by atoms with van der Waals surface area (Å²) in [6.07, 6.45) is 0.182. The Morgan fingerprint density at radius 3 is 2.19 bits per heavy atom. The molecule has 0 saturated carbocycles. The normalized spacial score (nSPS) is 12.2. The van der Waals surface area contributed by atoms with Crippen LogP contribution in [0.2, 0.25) is 0 Å². The fourth-order valence-corrected chi connectivity index (χ4v) is 2.34. The van der Waals surface area contributed by atoms with E-state index in [0.29, 0.717) is 6.54 Å². The fraction of sp³-hybridized carbons (Fsp3) is 0.294. The number of nitrogens with two attached hydrogens (primary N) is 1. The van der Waals surface area contributed by atoms with Crippen LogP contribution in [0.5, 0.6) is 5.75 Å². The molecule has 0 fully saturated rings. The van der Waals surface area contributed by atoms with E-state index in [4.69, 9.17) is 10.5 Å². The van der Waals surface area contributed by atoms with Crippen molar-refractivity contribution in [2.24, 2.45) is 5.73 Å². The van der Waals surface area contributed by atoms with Gasteiger partial charge in [-0.2, -0.15) is 0 Å². The third kappa shape index (κ3) is 4.76. The van der Waals surface area contributed by atoms with Crippen LogP contribution >= 0.6 is 15.9 Å². The predicted octanol–water partition coefficient (Wildman–Crippen LogP) is 4.35. The average Bonchev–Trinajstić information content (AvgIpc) is 2.47. The van der Waals surface area contributed by atoms with Gasteiger partial charge >= 0.3 is 0 Å². The molecule has 3 N–H and O–H groups in total. The molecule has 3 nitrogen and oxygen atoms in total. The van der Waals surface area contributed by atoms with Crippen LogP contribution in [-0.2, 0) is 0 Å². The Labute approximate surface area is 134 Å². The first kappa shape index (κ1) is 15.9. The molecule has 0 saturated heterocycles. The quantitative estimate of drug-likeness (QED) is 0.815. The maximum Gasteiger partial charge on any atom is 0.119 e. The maximum atomic E-state index is 5.90. The van der Waals surface area contributed by atoms with Gasteiger partial charge in [0.2, 0.25) is 0 Å². The Balaban J connectivity index is 2.08. The van der Waals surface area contributed by atoms with E-state index in [1.807, 2.05) is 50.2 Å². The summed E-state index contributed by atoms with van der Waals surface area (Å²) < 4.78 is 6.72. The van der Waals surface area contributed by atoms with E-state index in [0.717, 1.165) is 21.5 Å². The van der Waals surface area contributed by atoms with E-state index in [1.54, 1.807) is 0 Å². The summed E-state index contributed by atoms with van der Waals surface area (Å²) in [6, 6.07) is 16.3. The van der Waals surface area contributed by atoms with Crippen molar-refractivity contribution < 1.29 is 4.74 Å². The third-order valence-electron chi connectivity index (χ3n) is 3.08. The van der Waals surface area contributed by atoms with Gasteiger partial charge in [-0.15, -0.1) is 0 Å². The Morgan fingerprint density at radius 2 is 1.67 bits per heavy atom. The van der Waals surface area contributed by atoms with Gasteiger partial charge in [0.25, 0.3) is 0 Å². The number of nitrogens with one attached hydrogen (secondary N) is 1. The number of ether oxygens (including phenoxy) is 1. The molecule has 0 aliphatic rings. The standard InChI is InChI=1S/C17H21BrN2O/c1-12(2)21-16-9-3-13(4-10-16)17(11-19)20-15-7-5-14(18)6-8-15/h3-10,12,17,20H,11,19H2,1-2H3. The molecule has 0 aliphatic heterocycles. The molecule has 0 aromatic heterocycles. The molecule has 1 unspecified atom stereocenters. The van der Waals surface area contributed by atoms with Crippen LogP contribution in [0.4, 0.5) is 5.69 Å². The second-order valence-electron chi connectivity index (χ2n) is 5.18. The molecule has 2 aromatic rings. The largest absolute Gasteiger partial charge is 0.491 e. The molecule has 2 rings (SSSR count). The van der Waals surface area contributed by atoms with Crippen LogP contribution in [-0.4, -0.2) is 12.6 Å². The lowest BCUT2D eigenvalue weighted by atomic mass is 10.1. The van der Waals surface area contributed by atoms with E-state index in [1.165, 1.54) is 0 Å². The predicted molar refractivity (Wildman–Crippen MR) is 91.8 cm³/mol. The molecular weight excluding hydrogens is 328 g/mol. The summed E-state index contributed by atoms with van der Waals surface area (Å²) in [5, 5.41) is 3.45. The second-order valence-corrected chi connectivity index (χ2v) is 6.09. The van der Waals surface area contributed by atoms with Crippen molar-refractivity contribution in [2.45, 2.75) is 26.0 Å². The monoisotopic (exact) mass is 348 g/mol. The Bertz CT molecular complexity index is 552. The highest BCUT2D eigenvalue weighted by Crippen LogP contribution is 2.23. The zero-order valence-corrected chi connectivity index (χ0v) is 13.9. The lowest BCUT2D eigenvalue weighted by Crippen LogP contribution is -2.20. The van der Waals surface area contributed by atoms with Crippen LogP contribution in [0.3, 0.4) is 0 Å². The molecule has 0 radical (unpaired) electrons. The maximum absolute atomic E-state index is 5.90. The molecule has 2 aromatic carbocycles. The molecule has 0 bridgehead atoms. The minimum absolute atomic E-state index is 0.0827. The summed E-state index contributed by atoms with van der Waals surface area (Å²) in [5.74, 6) is 0.883. The van der Waals surface area contributed by atoms with Crippen molar-refractivity contribution in [3.63, 3.8) is 0 Å². The Morgan fingerprint density at radius 1 is 1.05 bits per heavy atom. The van der Waals surface area contributed by atoms with Gasteiger partial charge < -0.3 is 15.8 Å². The topological polar surface area (TPSA) is 47.3 Å². The molecular formula is C17H21BrN2O.